The van der Waals surface area contributed by atoms with E-state index in [9.17, 15) is 9.59 Å². The molecule has 2 heterocycles. The number of amides is 1. The number of carbonyl (C=O) groups excluding carboxylic acids is 1. The fraction of sp³-hybridized carbons (Fsp3) is 0.533. The van der Waals surface area contributed by atoms with Crippen molar-refractivity contribution in [2.45, 2.75) is 40.7 Å². The first-order chi connectivity index (χ1) is 9.92. The minimum atomic E-state index is -0.152. The van der Waals surface area contributed by atoms with E-state index in [1.807, 2.05) is 19.9 Å². The molecule has 0 aliphatic rings. The lowest BCUT2D eigenvalue weighted by atomic mass is 10.2. The number of aromatic nitrogens is 2. The third-order valence-electron chi connectivity index (χ3n) is 3.25. The van der Waals surface area contributed by atoms with E-state index in [0.717, 1.165) is 16.1 Å². The summed E-state index contributed by atoms with van der Waals surface area (Å²) < 4.78 is 1.45. The maximum atomic E-state index is 12.5. The van der Waals surface area contributed by atoms with Crippen molar-refractivity contribution < 1.29 is 4.79 Å². The topological polar surface area (TPSA) is 64.0 Å². The zero-order chi connectivity index (χ0) is 15.6. The van der Waals surface area contributed by atoms with E-state index in [0.29, 0.717) is 23.7 Å². The highest BCUT2D eigenvalue weighted by atomic mass is 32.1. The lowest BCUT2D eigenvalue weighted by molar-refractivity contribution is -0.121. The van der Waals surface area contributed by atoms with Crippen LogP contribution in [0.5, 0.6) is 0 Å². The zero-order valence-electron chi connectivity index (χ0n) is 12.9. The Morgan fingerprint density at radius 3 is 2.81 bits per heavy atom. The van der Waals surface area contributed by atoms with Gasteiger partial charge in [-0.05, 0) is 25.3 Å². The van der Waals surface area contributed by atoms with E-state index < -0.39 is 0 Å². The molecule has 0 fully saturated rings. The number of hydrogen-bond acceptors (Lipinski definition) is 4. The van der Waals surface area contributed by atoms with Crippen LogP contribution < -0.4 is 10.9 Å². The lowest BCUT2D eigenvalue weighted by Gasteiger charge is -2.11. The molecule has 114 valence electrons. The molecule has 0 aliphatic carbocycles. The molecule has 0 saturated carbocycles. The molecule has 2 rings (SSSR count). The molecule has 6 heteroatoms. The van der Waals surface area contributed by atoms with Gasteiger partial charge in [0.05, 0.1) is 5.39 Å². The predicted octanol–water partition coefficient (Wildman–Crippen LogP) is 2.10. The van der Waals surface area contributed by atoms with Gasteiger partial charge in [0.2, 0.25) is 5.91 Å². The van der Waals surface area contributed by atoms with Crippen molar-refractivity contribution in [2.24, 2.45) is 5.92 Å². The molecule has 5 nitrogen and oxygen atoms in total. The molecule has 1 amide bonds. The first-order valence-corrected chi connectivity index (χ1v) is 8.00. The first-order valence-electron chi connectivity index (χ1n) is 7.19. The minimum Gasteiger partial charge on any atom is -0.354 e. The van der Waals surface area contributed by atoms with Crippen LogP contribution in [0.4, 0.5) is 0 Å². The Morgan fingerprint density at radius 2 is 2.19 bits per heavy atom. The molecule has 2 aromatic rings. The summed E-state index contributed by atoms with van der Waals surface area (Å²) in [7, 11) is 0. The van der Waals surface area contributed by atoms with Gasteiger partial charge in [-0.3, -0.25) is 14.2 Å². The second kappa shape index (κ2) is 6.39. The smallest absolute Gasteiger partial charge is 0.262 e. The lowest BCUT2D eigenvalue weighted by Crippen LogP contribution is -2.35. The van der Waals surface area contributed by atoms with Crippen LogP contribution in [0.2, 0.25) is 0 Å². The van der Waals surface area contributed by atoms with Crippen molar-refractivity contribution in [3.8, 4) is 0 Å². The third-order valence-corrected chi connectivity index (χ3v) is 4.42. The van der Waals surface area contributed by atoms with Gasteiger partial charge >= 0.3 is 0 Å². The minimum absolute atomic E-state index is 0.0254. The van der Waals surface area contributed by atoms with Crippen molar-refractivity contribution >= 4 is 27.5 Å². The molecule has 0 aliphatic heterocycles. The van der Waals surface area contributed by atoms with Gasteiger partial charge in [-0.25, -0.2) is 4.98 Å². The summed E-state index contributed by atoms with van der Waals surface area (Å²) in [4.78, 5) is 30.8. The van der Waals surface area contributed by atoms with Gasteiger partial charge in [0, 0.05) is 11.4 Å². The van der Waals surface area contributed by atoms with E-state index in [-0.39, 0.29) is 18.0 Å². The standard InChI is InChI=1S/C15H21N3O2S/c1-5-11-6-12-14(21-11)17-10(4)18(15(12)20)8-13(19)16-7-9(2)3/h6,9H,5,7-8H2,1-4H3,(H,16,19). The molecule has 0 aromatic carbocycles. The molecular formula is C15H21N3O2S. The molecule has 2 aromatic heterocycles. The molecule has 1 N–H and O–H groups in total. The maximum absolute atomic E-state index is 12.5. The van der Waals surface area contributed by atoms with E-state index in [1.165, 1.54) is 4.57 Å². The summed E-state index contributed by atoms with van der Waals surface area (Å²) in [6, 6.07) is 1.89. The summed E-state index contributed by atoms with van der Waals surface area (Å²) in [6.45, 7) is 8.52. The second-order valence-electron chi connectivity index (χ2n) is 5.53. The highest BCUT2D eigenvalue weighted by Crippen LogP contribution is 2.21. The fourth-order valence-corrected chi connectivity index (χ4v) is 3.05. The molecule has 21 heavy (non-hydrogen) atoms. The van der Waals surface area contributed by atoms with Crippen molar-refractivity contribution in [1.29, 1.82) is 0 Å². The number of hydrogen-bond donors (Lipinski definition) is 1. The van der Waals surface area contributed by atoms with Crippen LogP contribution in [-0.4, -0.2) is 22.0 Å². The van der Waals surface area contributed by atoms with Crippen LogP contribution in [0.3, 0.4) is 0 Å². The van der Waals surface area contributed by atoms with E-state index >= 15 is 0 Å². The largest absolute Gasteiger partial charge is 0.354 e. The number of nitrogens with one attached hydrogen (secondary N) is 1. The van der Waals surface area contributed by atoms with E-state index in [2.05, 4.69) is 17.2 Å². The summed E-state index contributed by atoms with van der Waals surface area (Å²) in [5.41, 5.74) is -0.131. The second-order valence-corrected chi connectivity index (χ2v) is 6.65. The Bertz CT molecular complexity index is 716. The van der Waals surface area contributed by atoms with Gasteiger partial charge in [-0.15, -0.1) is 11.3 Å². The molecule has 0 atom stereocenters. The monoisotopic (exact) mass is 307 g/mol. The van der Waals surface area contributed by atoms with E-state index in [4.69, 9.17) is 0 Å². The van der Waals surface area contributed by atoms with Gasteiger partial charge in [-0.1, -0.05) is 20.8 Å². The average molecular weight is 307 g/mol. The number of rotatable bonds is 5. The number of aryl methyl sites for hydroxylation is 2. The van der Waals surface area contributed by atoms with Crippen LogP contribution in [0.1, 0.15) is 31.5 Å². The molecule has 0 radical (unpaired) electrons. The van der Waals surface area contributed by atoms with Crippen LogP contribution in [0, 0.1) is 12.8 Å². The van der Waals surface area contributed by atoms with Crippen molar-refractivity contribution in [3.63, 3.8) is 0 Å². The van der Waals surface area contributed by atoms with Crippen molar-refractivity contribution in [1.82, 2.24) is 14.9 Å². The van der Waals surface area contributed by atoms with Crippen molar-refractivity contribution in [2.75, 3.05) is 6.54 Å². The molecule has 0 bridgehead atoms. The van der Waals surface area contributed by atoms with Crippen LogP contribution in [-0.2, 0) is 17.8 Å². The summed E-state index contributed by atoms with van der Waals surface area (Å²) in [6.07, 6.45) is 0.883. The predicted molar refractivity (Wildman–Crippen MR) is 85.8 cm³/mol. The quantitative estimate of drug-likeness (QED) is 0.920. The van der Waals surface area contributed by atoms with Gasteiger partial charge in [-0.2, -0.15) is 0 Å². The normalized spacial score (nSPS) is 11.3. The van der Waals surface area contributed by atoms with E-state index in [1.54, 1.807) is 18.3 Å². The Balaban J connectivity index is 2.31. The molecule has 0 saturated heterocycles. The van der Waals surface area contributed by atoms with Gasteiger partial charge in [0.15, 0.2) is 0 Å². The SMILES string of the molecule is CCc1cc2c(=O)n(CC(=O)NCC(C)C)c(C)nc2s1. The number of nitrogens with zero attached hydrogens (tertiary/aromatic N) is 2. The van der Waals surface area contributed by atoms with Crippen LogP contribution >= 0.6 is 11.3 Å². The fourth-order valence-electron chi connectivity index (χ4n) is 2.05. The Labute approximate surface area is 128 Å². The Hall–Kier alpha value is -1.69. The Kier molecular flexibility index (Phi) is 4.77. The number of thiophene rings is 1. The molecule has 0 unspecified atom stereocenters. The highest BCUT2D eigenvalue weighted by Gasteiger charge is 2.13. The first kappa shape index (κ1) is 15.7. The average Bonchev–Trinajstić information content (AvgIpc) is 2.84. The van der Waals surface area contributed by atoms with Crippen LogP contribution in [0.25, 0.3) is 10.2 Å². The zero-order valence-corrected chi connectivity index (χ0v) is 13.7. The summed E-state index contributed by atoms with van der Waals surface area (Å²) >= 11 is 1.54. The van der Waals surface area contributed by atoms with Gasteiger partial charge in [0.25, 0.3) is 5.56 Å². The molecule has 0 spiro atoms. The van der Waals surface area contributed by atoms with Crippen molar-refractivity contribution in [3.05, 3.63) is 27.1 Å². The number of carbonyl (C=O) groups is 1. The number of fused-ring (bicyclic) bond motifs is 1. The van der Waals surface area contributed by atoms with Gasteiger partial charge < -0.3 is 5.32 Å². The maximum Gasteiger partial charge on any atom is 0.262 e. The summed E-state index contributed by atoms with van der Waals surface area (Å²) in [5.74, 6) is 0.814. The highest BCUT2D eigenvalue weighted by molar-refractivity contribution is 7.18. The summed E-state index contributed by atoms with van der Waals surface area (Å²) in [5, 5.41) is 3.44. The molecular weight excluding hydrogens is 286 g/mol. The third kappa shape index (κ3) is 3.50. The van der Waals surface area contributed by atoms with Gasteiger partial charge in [0.1, 0.15) is 17.2 Å². The Morgan fingerprint density at radius 1 is 1.48 bits per heavy atom. The van der Waals surface area contributed by atoms with Crippen LogP contribution in [0.15, 0.2) is 10.9 Å².